The Bertz CT molecular complexity index is 490. The molecule has 0 amide bonds. The number of carboxylic acids is 1. The summed E-state index contributed by atoms with van der Waals surface area (Å²) in [6, 6.07) is -1.13. The third-order valence-corrected chi connectivity index (χ3v) is 1.77. The van der Waals surface area contributed by atoms with E-state index in [4.69, 9.17) is 15.9 Å². The molecule has 0 aliphatic carbocycles. The van der Waals surface area contributed by atoms with Crippen LogP contribution in [-0.2, 0) is 4.79 Å². The first-order valence-electron chi connectivity index (χ1n) is 5.47. The van der Waals surface area contributed by atoms with Crippen molar-refractivity contribution in [2.75, 3.05) is 19.7 Å². The fraction of sp³-hybridized carbons (Fsp3) is 0.500. The lowest BCUT2D eigenvalue weighted by molar-refractivity contribution is -0.139. The minimum Gasteiger partial charge on any atom is -0.480 e. The topological polar surface area (TPSA) is 171 Å². The first-order chi connectivity index (χ1) is 8.88. The van der Waals surface area contributed by atoms with E-state index in [0.29, 0.717) is 5.56 Å². The van der Waals surface area contributed by atoms with Crippen LogP contribution in [0.15, 0.2) is 15.8 Å². The Labute approximate surface area is 108 Å². The molecule has 0 radical (unpaired) electrons. The summed E-state index contributed by atoms with van der Waals surface area (Å²) in [5.41, 5.74) is 4.47. The highest BCUT2D eigenvalue weighted by Crippen LogP contribution is 1.73. The van der Waals surface area contributed by atoms with Crippen LogP contribution >= 0.6 is 0 Å². The number of aliphatic hydroxyl groups is 1. The van der Waals surface area contributed by atoms with Gasteiger partial charge in [0.25, 0.3) is 5.56 Å². The van der Waals surface area contributed by atoms with Crippen molar-refractivity contribution in [2.45, 2.75) is 13.0 Å². The van der Waals surface area contributed by atoms with Crippen molar-refractivity contribution in [2.24, 2.45) is 5.73 Å². The number of nitrogens with two attached hydrogens (primary N) is 1. The van der Waals surface area contributed by atoms with E-state index in [0.717, 1.165) is 0 Å². The van der Waals surface area contributed by atoms with Gasteiger partial charge in [-0.05, 0) is 6.92 Å². The molecular formula is C10H18N4O5. The molecule has 0 spiro atoms. The zero-order valence-electron chi connectivity index (χ0n) is 10.5. The summed E-state index contributed by atoms with van der Waals surface area (Å²) in [6.07, 6.45) is 1.38. The number of aromatic amines is 2. The summed E-state index contributed by atoms with van der Waals surface area (Å²) >= 11 is 0. The highest BCUT2D eigenvalue weighted by atomic mass is 16.4. The molecule has 1 saturated heterocycles. The predicted molar refractivity (Wildman–Crippen MR) is 68.0 cm³/mol. The van der Waals surface area contributed by atoms with Crippen LogP contribution in [0.5, 0.6) is 0 Å². The van der Waals surface area contributed by atoms with E-state index in [2.05, 4.69) is 15.3 Å². The van der Waals surface area contributed by atoms with E-state index < -0.39 is 24.3 Å². The molecule has 1 aromatic rings. The average Bonchev–Trinajstić information content (AvgIpc) is 3.22. The summed E-state index contributed by atoms with van der Waals surface area (Å²) < 4.78 is 0. The van der Waals surface area contributed by atoms with Crippen molar-refractivity contribution >= 4 is 5.97 Å². The van der Waals surface area contributed by atoms with Gasteiger partial charge in [-0.3, -0.25) is 14.6 Å². The van der Waals surface area contributed by atoms with Crippen LogP contribution in [0.1, 0.15) is 5.56 Å². The van der Waals surface area contributed by atoms with Crippen molar-refractivity contribution < 1.29 is 15.0 Å². The number of aryl methyl sites for hydroxylation is 1. The van der Waals surface area contributed by atoms with Gasteiger partial charge in [-0.1, -0.05) is 0 Å². The number of aliphatic hydroxyl groups excluding tert-OH is 1. The number of carboxylic acid groups (broad SMARTS) is 1. The van der Waals surface area contributed by atoms with Crippen molar-refractivity contribution in [3.05, 3.63) is 32.6 Å². The molecule has 0 saturated carbocycles. The maximum Gasteiger partial charge on any atom is 0.325 e. The lowest BCUT2D eigenvalue weighted by Gasteiger charge is -1.96. The Hall–Kier alpha value is -1.97. The molecule has 1 atom stereocenters. The third kappa shape index (κ3) is 9.71. The second kappa shape index (κ2) is 9.03. The van der Waals surface area contributed by atoms with Crippen LogP contribution in [0.4, 0.5) is 0 Å². The monoisotopic (exact) mass is 274 g/mol. The van der Waals surface area contributed by atoms with Crippen molar-refractivity contribution in [3.8, 4) is 0 Å². The summed E-state index contributed by atoms with van der Waals surface area (Å²) in [5.74, 6) is -1.18. The Balaban J connectivity index is 0.000000286. The van der Waals surface area contributed by atoms with E-state index in [-0.39, 0.29) is 5.56 Å². The molecule has 9 nitrogen and oxygen atoms in total. The molecule has 7 N–H and O–H groups in total. The van der Waals surface area contributed by atoms with Gasteiger partial charge in [0.05, 0.1) is 6.61 Å². The fourth-order valence-corrected chi connectivity index (χ4v) is 0.555. The van der Waals surface area contributed by atoms with Crippen LogP contribution in [0.25, 0.3) is 0 Å². The molecule has 1 fully saturated rings. The predicted octanol–water partition coefficient (Wildman–Crippen LogP) is -2.65. The van der Waals surface area contributed by atoms with Gasteiger partial charge in [0.2, 0.25) is 0 Å². The number of H-pyrrole nitrogens is 2. The molecule has 0 aromatic carbocycles. The van der Waals surface area contributed by atoms with Gasteiger partial charge in [0.15, 0.2) is 0 Å². The first kappa shape index (κ1) is 17.0. The van der Waals surface area contributed by atoms with Crippen LogP contribution in [0.3, 0.4) is 0 Å². The average molecular weight is 274 g/mol. The highest BCUT2D eigenvalue weighted by Gasteiger charge is 2.07. The van der Waals surface area contributed by atoms with Crippen LogP contribution in [-0.4, -0.2) is 51.9 Å². The Kier molecular flexibility index (Phi) is 8.09. The quantitative estimate of drug-likeness (QED) is 0.320. The summed E-state index contributed by atoms with van der Waals surface area (Å²) in [4.78, 5) is 34.9. The van der Waals surface area contributed by atoms with Crippen LogP contribution in [0, 0.1) is 6.92 Å². The normalized spacial score (nSPS) is 13.2. The smallest absolute Gasteiger partial charge is 0.325 e. The summed E-state index contributed by atoms with van der Waals surface area (Å²) in [6.45, 7) is 3.62. The number of carbonyl (C=O) groups is 1. The van der Waals surface area contributed by atoms with Gasteiger partial charge < -0.3 is 26.2 Å². The highest BCUT2D eigenvalue weighted by molar-refractivity contribution is 5.73. The van der Waals surface area contributed by atoms with Gasteiger partial charge in [0, 0.05) is 24.8 Å². The molecule has 0 bridgehead atoms. The number of hydrogen-bond donors (Lipinski definition) is 6. The van der Waals surface area contributed by atoms with E-state index in [9.17, 15) is 14.4 Å². The SMILES string of the molecule is C1CN1.Cc1c[nH]c(=O)[nH]c1=O.NC(CO)C(=O)O. The number of aromatic nitrogens is 2. The van der Waals surface area contributed by atoms with Crippen LogP contribution < -0.4 is 22.3 Å². The molecule has 2 heterocycles. The number of hydrogen-bond acceptors (Lipinski definition) is 6. The number of rotatable bonds is 2. The van der Waals surface area contributed by atoms with Gasteiger partial charge in [0.1, 0.15) is 6.04 Å². The standard InChI is InChI=1S/C5H6N2O2.C3H7NO3.C2H5N/c1-3-2-6-5(9)7-4(3)8;4-2(1-5)3(6)7;1-2-3-1/h2H,1H3,(H2,6,7,8,9);2,5H,1,4H2,(H,6,7);3H,1-2H2. The minimum atomic E-state index is -1.18. The molecule has 1 aliphatic rings. The number of nitrogens with one attached hydrogen (secondary N) is 3. The third-order valence-electron chi connectivity index (χ3n) is 1.77. The zero-order valence-corrected chi connectivity index (χ0v) is 10.5. The van der Waals surface area contributed by atoms with Crippen molar-refractivity contribution in [1.29, 1.82) is 0 Å². The Morgan fingerprint density at radius 1 is 1.47 bits per heavy atom. The molecule has 19 heavy (non-hydrogen) atoms. The second-order valence-electron chi connectivity index (χ2n) is 3.63. The van der Waals surface area contributed by atoms with Gasteiger partial charge in [-0.15, -0.1) is 0 Å². The molecule has 1 aliphatic heterocycles. The van der Waals surface area contributed by atoms with Gasteiger partial charge in [-0.2, -0.15) is 0 Å². The van der Waals surface area contributed by atoms with Crippen molar-refractivity contribution in [3.63, 3.8) is 0 Å². The maximum absolute atomic E-state index is 10.6. The lowest BCUT2D eigenvalue weighted by atomic mass is 10.3. The number of aliphatic carboxylic acids is 1. The molecule has 2 rings (SSSR count). The fourth-order valence-electron chi connectivity index (χ4n) is 0.555. The Morgan fingerprint density at radius 3 is 2.21 bits per heavy atom. The van der Waals surface area contributed by atoms with E-state index in [1.807, 2.05) is 0 Å². The van der Waals surface area contributed by atoms with Gasteiger partial charge in [-0.25, -0.2) is 4.79 Å². The Morgan fingerprint density at radius 2 is 2.00 bits per heavy atom. The molecule has 108 valence electrons. The van der Waals surface area contributed by atoms with Crippen molar-refractivity contribution in [1.82, 2.24) is 15.3 Å². The largest absolute Gasteiger partial charge is 0.480 e. The lowest BCUT2D eigenvalue weighted by Crippen LogP contribution is -2.33. The second-order valence-corrected chi connectivity index (χ2v) is 3.63. The minimum absolute atomic E-state index is 0.334. The molecule has 9 heteroatoms. The van der Waals surface area contributed by atoms with Crippen LogP contribution in [0.2, 0.25) is 0 Å². The molecule has 1 aromatic heterocycles. The van der Waals surface area contributed by atoms with E-state index in [1.54, 1.807) is 6.92 Å². The maximum atomic E-state index is 10.6. The first-order valence-corrected chi connectivity index (χ1v) is 5.47. The summed E-state index contributed by atoms with van der Waals surface area (Å²) in [7, 11) is 0. The molecular weight excluding hydrogens is 256 g/mol. The van der Waals surface area contributed by atoms with E-state index >= 15 is 0 Å². The summed E-state index contributed by atoms with van der Waals surface area (Å²) in [5, 5.41) is 18.9. The van der Waals surface area contributed by atoms with E-state index in [1.165, 1.54) is 19.3 Å². The molecule has 1 unspecified atom stereocenters. The zero-order chi connectivity index (χ0) is 14.8. The van der Waals surface area contributed by atoms with Gasteiger partial charge >= 0.3 is 11.7 Å².